The second-order valence-corrected chi connectivity index (χ2v) is 3.73. The number of nitrogen functional groups attached to an aromatic ring is 1. The molecule has 0 atom stereocenters. The molecule has 1 aromatic heterocycles. The minimum Gasteiger partial charge on any atom is -0.384 e. The van der Waals surface area contributed by atoms with Crippen molar-refractivity contribution in [3.63, 3.8) is 0 Å². The molecule has 2 aromatic rings. The number of nitrogens with two attached hydrogens (primary N) is 1. The van der Waals surface area contributed by atoms with Gasteiger partial charge >= 0.3 is 0 Å². The van der Waals surface area contributed by atoms with Crippen molar-refractivity contribution in [1.29, 1.82) is 0 Å². The molecule has 0 fully saturated rings. The van der Waals surface area contributed by atoms with E-state index in [0.29, 0.717) is 11.6 Å². The summed E-state index contributed by atoms with van der Waals surface area (Å²) >= 11 is 3.37. The summed E-state index contributed by atoms with van der Waals surface area (Å²) in [4.78, 5) is 8.26. The predicted octanol–water partition coefficient (Wildman–Crippen LogP) is 2.49. The highest BCUT2D eigenvalue weighted by atomic mass is 79.9. The van der Waals surface area contributed by atoms with Crippen LogP contribution in [0.5, 0.6) is 0 Å². The lowest BCUT2D eigenvalue weighted by atomic mass is 10.2. The maximum Gasteiger partial charge on any atom is 0.161 e. The molecule has 0 aliphatic rings. The summed E-state index contributed by atoms with van der Waals surface area (Å²) in [5.41, 5.74) is 6.52. The van der Waals surface area contributed by atoms with Crippen LogP contribution in [0.2, 0.25) is 0 Å². The molecule has 0 saturated carbocycles. The molecule has 0 saturated heterocycles. The molecule has 1 aromatic carbocycles. The third-order valence-electron chi connectivity index (χ3n) is 1.78. The first-order chi connectivity index (χ1) is 6.75. The van der Waals surface area contributed by atoms with E-state index in [1.54, 1.807) is 12.3 Å². The van der Waals surface area contributed by atoms with Crippen LogP contribution in [0, 0.1) is 0 Å². The molecule has 1 heterocycles. The standard InChI is InChI=1S/C10H8BrN3/c11-8-3-1-7(2-4-8)10-13-6-5-9(12)14-10/h1-6H,(H2,12,13,14). The van der Waals surface area contributed by atoms with E-state index in [1.165, 1.54) is 0 Å². The highest BCUT2D eigenvalue weighted by molar-refractivity contribution is 9.10. The molecule has 3 nitrogen and oxygen atoms in total. The summed E-state index contributed by atoms with van der Waals surface area (Å²) in [5, 5.41) is 0. The van der Waals surface area contributed by atoms with Crippen molar-refractivity contribution in [2.24, 2.45) is 0 Å². The maximum atomic E-state index is 5.57. The third-order valence-corrected chi connectivity index (χ3v) is 2.31. The van der Waals surface area contributed by atoms with Gasteiger partial charge in [-0.25, -0.2) is 9.97 Å². The van der Waals surface area contributed by atoms with Crippen molar-refractivity contribution in [3.05, 3.63) is 41.0 Å². The smallest absolute Gasteiger partial charge is 0.161 e. The number of rotatable bonds is 1. The molecule has 14 heavy (non-hydrogen) atoms. The van der Waals surface area contributed by atoms with E-state index in [9.17, 15) is 0 Å². The Morgan fingerprint density at radius 2 is 1.79 bits per heavy atom. The molecular weight excluding hydrogens is 242 g/mol. The van der Waals surface area contributed by atoms with Crippen LogP contribution < -0.4 is 5.73 Å². The van der Waals surface area contributed by atoms with Crippen LogP contribution in [0.15, 0.2) is 41.0 Å². The van der Waals surface area contributed by atoms with Gasteiger partial charge in [0.15, 0.2) is 5.82 Å². The second-order valence-electron chi connectivity index (χ2n) is 2.81. The predicted molar refractivity (Wildman–Crippen MR) is 59.6 cm³/mol. The molecule has 0 spiro atoms. The fourth-order valence-corrected chi connectivity index (χ4v) is 1.38. The first kappa shape index (κ1) is 9.15. The van der Waals surface area contributed by atoms with E-state index < -0.39 is 0 Å². The van der Waals surface area contributed by atoms with Gasteiger partial charge in [-0.1, -0.05) is 28.1 Å². The maximum absolute atomic E-state index is 5.57. The Labute approximate surface area is 90.1 Å². The fraction of sp³-hybridized carbons (Fsp3) is 0. The van der Waals surface area contributed by atoms with E-state index in [4.69, 9.17) is 5.73 Å². The molecule has 0 radical (unpaired) electrons. The molecule has 70 valence electrons. The summed E-state index contributed by atoms with van der Waals surface area (Å²) in [7, 11) is 0. The van der Waals surface area contributed by atoms with Crippen LogP contribution in [-0.4, -0.2) is 9.97 Å². The van der Waals surface area contributed by atoms with Crippen molar-refractivity contribution < 1.29 is 0 Å². The zero-order valence-corrected chi connectivity index (χ0v) is 8.90. The van der Waals surface area contributed by atoms with Crippen molar-refractivity contribution in [2.75, 3.05) is 5.73 Å². The van der Waals surface area contributed by atoms with Gasteiger partial charge in [-0.3, -0.25) is 0 Å². The molecule has 2 rings (SSSR count). The van der Waals surface area contributed by atoms with Gasteiger partial charge < -0.3 is 5.73 Å². The summed E-state index contributed by atoms with van der Waals surface area (Å²) in [6.45, 7) is 0. The number of halogens is 1. The summed E-state index contributed by atoms with van der Waals surface area (Å²) in [5.74, 6) is 1.13. The lowest BCUT2D eigenvalue weighted by molar-refractivity contribution is 1.18. The molecule has 2 N–H and O–H groups in total. The Bertz CT molecular complexity index is 439. The molecule has 0 aliphatic carbocycles. The van der Waals surface area contributed by atoms with Gasteiger partial charge in [0.25, 0.3) is 0 Å². The number of aromatic nitrogens is 2. The topological polar surface area (TPSA) is 51.8 Å². The normalized spacial score (nSPS) is 10.1. The molecule has 0 unspecified atom stereocenters. The van der Waals surface area contributed by atoms with Crippen molar-refractivity contribution in [2.45, 2.75) is 0 Å². The van der Waals surface area contributed by atoms with Gasteiger partial charge in [0.1, 0.15) is 5.82 Å². The Balaban J connectivity index is 2.44. The number of nitrogens with zero attached hydrogens (tertiary/aromatic N) is 2. The van der Waals surface area contributed by atoms with Crippen molar-refractivity contribution in [1.82, 2.24) is 9.97 Å². The highest BCUT2D eigenvalue weighted by Crippen LogP contribution is 2.18. The van der Waals surface area contributed by atoms with Gasteiger partial charge in [-0.05, 0) is 18.2 Å². The third kappa shape index (κ3) is 1.90. The summed E-state index contributed by atoms with van der Waals surface area (Å²) < 4.78 is 1.03. The quantitative estimate of drug-likeness (QED) is 0.845. The minimum absolute atomic E-state index is 0.484. The Morgan fingerprint density at radius 1 is 1.07 bits per heavy atom. The molecule has 4 heteroatoms. The lowest BCUT2D eigenvalue weighted by Crippen LogP contribution is -1.94. The SMILES string of the molecule is Nc1ccnc(-c2ccc(Br)cc2)n1. The number of hydrogen-bond acceptors (Lipinski definition) is 3. The van der Waals surface area contributed by atoms with E-state index in [1.807, 2.05) is 24.3 Å². The second kappa shape index (κ2) is 3.75. The molecular formula is C10H8BrN3. The number of hydrogen-bond donors (Lipinski definition) is 1. The average Bonchev–Trinajstić information content (AvgIpc) is 2.19. The van der Waals surface area contributed by atoms with E-state index in [-0.39, 0.29) is 0 Å². The van der Waals surface area contributed by atoms with Crippen LogP contribution in [0.4, 0.5) is 5.82 Å². The summed E-state index contributed by atoms with van der Waals surface area (Å²) in [6, 6.07) is 9.45. The van der Waals surface area contributed by atoms with Crippen LogP contribution in [0.1, 0.15) is 0 Å². The summed E-state index contributed by atoms with van der Waals surface area (Å²) in [6.07, 6.45) is 1.65. The Morgan fingerprint density at radius 3 is 2.43 bits per heavy atom. The van der Waals surface area contributed by atoms with Crippen molar-refractivity contribution >= 4 is 21.7 Å². The monoisotopic (exact) mass is 249 g/mol. The number of benzene rings is 1. The molecule has 0 aliphatic heterocycles. The van der Waals surface area contributed by atoms with Gasteiger partial charge in [-0.15, -0.1) is 0 Å². The zero-order chi connectivity index (χ0) is 9.97. The van der Waals surface area contributed by atoms with Gasteiger partial charge in [0, 0.05) is 16.2 Å². The van der Waals surface area contributed by atoms with Crippen molar-refractivity contribution in [3.8, 4) is 11.4 Å². The van der Waals surface area contributed by atoms with Crippen LogP contribution in [0.25, 0.3) is 11.4 Å². The van der Waals surface area contributed by atoms with Crippen LogP contribution >= 0.6 is 15.9 Å². The van der Waals surface area contributed by atoms with E-state index >= 15 is 0 Å². The Kier molecular flexibility index (Phi) is 2.45. The zero-order valence-electron chi connectivity index (χ0n) is 7.31. The van der Waals surface area contributed by atoms with Gasteiger partial charge in [-0.2, -0.15) is 0 Å². The largest absolute Gasteiger partial charge is 0.384 e. The van der Waals surface area contributed by atoms with E-state index in [2.05, 4.69) is 25.9 Å². The first-order valence-corrected chi connectivity index (χ1v) is 4.89. The molecule has 0 amide bonds. The fourth-order valence-electron chi connectivity index (χ4n) is 1.11. The minimum atomic E-state index is 0.484. The Hall–Kier alpha value is -1.42. The van der Waals surface area contributed by atoms with E-state index in [0.717, 1.165) is 10.0 Å². The highest BCUT2D eigenvalue weighted by Gasteiger charge is 2.00. The van der Waals surface area contributed by atoms with Gasteiger partial charge in [0.05, 0.1) is 0 Å². The first-order valence-electron chi connectivity index (χ1n) is 4.10. The van der Waals surface area contributed by atoms with Gasteiger partial charge in [0.2, 0.25) is 0 Å². The lowest BCUT2D eigenvalue weighted by Gasteiger charge is -2.00. The number of anilines is 1. The van der Waals surface area contributed by atoms with Crippen LogP contribution in [-0.2, 0) is 0 Å². The average molecular weight is 250 g/mol. The van der Waals surface area contributed by atoms with Crippen LogP contribution in [0.3, 0.4) is 0 Å². The molecule has 0 bridgehead atoms.